The molecule has 7 N–H and O–H groups in total. The second-order valence-electron chi connectivity index (χ2n) is 21.0. The maximum absolute atomic E-state index is 12.8. The monoisotopic (exact) mass is 1170 g/mol. The second kappa shape index (κ2) is 27.4. The Hall–Kier alpha value is -6.39. The molecule has 27 heteroatoms. The molecule has 1 saturated heterocycles. The minimum absolute atomic E-state index is 0.0167. The van der Waals surface area contributed by atoms with Gasteiger partial charge in [-0.2, -0.15) is 44.8 Å². The van der Waals surface area contributed by atoms with Gasteiger partial charge in [-0.15, -0.1) is 5.06 Å². The van der Waals surface area contributed by atoms with E-state index in [0.29, 0.717) is 76.3 Å². The molecule has 3 aliphatic rings. The molecule has 438 valence electrons. The summed E-state index contributed by atoms with van der Waals surface area (Å²) in [5.41, 5.74) is 3.84. The van der Waals surface area contributed by atoms with Gasteiger partial charge in [0.05, 0.1) is 21.0 Å². The first-order valence-corrected chi connectivity index (χ1v) is 31.5. The van der Waals surface area contributed by atoms with E-state index in [0.717, 1.165) is 66.0 Å². The van der Waals surface area contributed by atoms with Crippen LogP contribution >= 0.6 is 0 Å². The van der Waals surface area contributed by atoms with Crippen molar-refractivity contribution in [1.82, 2.24) is 25.3 Å². The largest absolute Gasteiger partial charge is 0.356 e. The van der Waals surface area contributed by atoms with Gasteiger partial charge >= 0.3 is 5.97 Å². The molecule has 0 saturated carbocycles. The van der Waals surface area contributed by atoms with E-state index >= 15 is 0 Å². The van der Waals surface area contributed by atoms with E-state index in [1.807, 2.05) is 45.9 Å². The predicted octanol–water partition coefficient (Wildman–Crippen LogP) is 6.62. The highest BCUT2D eigenvalue weighted by Crippen LogP contribution is 2.49. The molecule has 1 aromatic heterocycles. The normalized spacial score (nSPS) is 16.4. The van der Waals surface area contributed by atoms with Gasteiger partial charge in [0.2, 0.25) is 29.4 Å². The summed E-state index contributed by atoms with van der Waals surface area (Å²) >= 11 is 0. The van der Waals surface area contributed by atoms with Gasteiger partial charge in [0, 0.05) is 99.3 Å². The molecule has 0 radical (unpaired) electrons. The summed E-state index contributed by atoms with van der Waals surface area (Å²) in [7, 11) is -13.0. The third-order valence-electron chi connectivity index (χ3n) is 14.1. The van der Waals surface area contributed by atoms with Crippen LogP contribution in [0, 0.1) is 0 Å². The molecule has 24 nitrogen and oxygen atoms in total. The Bertz CT molecular complexity index is 3200. The molecule has 3 aromatic rings. The van der Waals surface area contributed by atoms with Crippen LogP contribution in [0.1, 0.15) is 142 Å². The molecule has 2 aromatic carbocycles. The van der Waals surface area contributed by atoms with Gasteiger partial charge in [0.1, 0.15) is 6.54 Å². The number of fused-ring (bicyclic) bond motifs is 2. The Kier molecular flexibility index (Phi) is 21.5. The van der Waals surface area contributed by atoms with Crippen molar-refractivity contribution < 1.29 is 67.5 Å². The first-order valence-electron chi connectivity index (χ1n) is 27.0. The van der Waals surface area contributed by atoms with Crippen molar-refractivity contribution in [3.8, 4) is 0 Å². The zero-order valence-electron chi connectivity index (χ0n) is 46.0. The van der Waals surface area contributed by atoms with Crippen molar-refractivity contribution in [1.29, 1.82) is 0 Å². The van der Waals surface area contributed by atoms with Crippen molar-refractivity contribution in [2.75, 3.05) is 65.9 Å². The number of aromatic nitrogens is 3. The van der Waals surface area contributed by atoms with Gasteiger partial charge in [0.25, 0.3) is 42.2 Å². The molecule has 1 fully saturated rings. The number of hydrogen-bond donors (Lipinski definition) is 7. The number of nitrogens with zero attached hydrogens (tertiary/aromatic N) is 6. The topological polar surface area (TPSA) is 337 Å². The number of benzene rings is 2. The second-order valence-corrected chi connectivity index (χ2v) is 25.4. The van der Waals surface area contributed by atoms with Crippen LogP contribution in [0.15, 0.2) is 70.1 Å². The van der Waals surface area contributed by atoms with E-state index in [9.17, 15) is 53.5 Å². The van der Waals surface area contributed by atoms with Gasteiger partial charge < -0.3 is 31.0 Å². The lowest BCUT2D eigenvalue weighted by atomic mass is 9.81. The summed E-state index contributed by atoms with van der Waals surface area (Å²) in [5, 5.41) is 12.6. The van der Waals surface area contributed by atoms with Gasteiger partial charge in [0.15, 0.2) is 5.71 Å². The van der Waals surface area contributed by atoms with Gasteiger partial charge in [-0.05, 0) is 94.3 Å². The number of rotatable bonds is 32. The van der Waals surface area contributed by atoms with Crippen LogP contribution < -0.4 is 26.2 Å². The van der Waals surface area contributed by atoms with Crippen LogP contribution in [0.2, 0.25) is 0 Å². The van der Waals surface area contributed by atoms with Crippen LogP contribution in [0.3, 0.4) is 0 Å². The Labute approximate surface area is 468 Å². The number of hydrogen-bond acceptors (Lipinski definition) is 18. The molecule has 0 aliphatic carbocycles. The van der Waals surface area contributed by atoms with Gasteiger partial charge in [-0.25, -0.2) is 4.79 Å². The van der Waals surface area contributed by atoms with E-state index in [1.165, 1.54) is 24.3 Å². The molecule has 6 rings (SSSR count). The zero-order chi connectivity index (χ0) is 58.5. The average molecular weight is 1170 g/mol. The fourth-order valence-electron chi connectivity index (χ4n) is 9.90. The zero-order valence-corrected chi connectivity index (χ0v) is 48.4. The van der Waals surface area contributed by atoms with E-state index < -0.39 is 64.7 Å². The number of carbonyl (C=O) groups is 4. The third kappa shape index (κ3) is 17.1. The Morgan fingerprint density at radius 3 is 1.85 bits per heavy atom. The lowest BCUT2D eigenvalue weighted by molar-refractivity contribution is -0.437. The first kappa shape index (κ1) is 62.8. The molecule has 0 unspecified atom stereocenters. The molecule has 80 heavy (non-hydrogen) atoms. The lowest BCUT2D eigenvalue weighted by Gasteiger charge is -2.27. The molecule has 0 bridgehead atoms. The molecule has 0 spiro atoms. The van der Waals surface area contributed by atoms with E-state index in [1.54, 1.807) is 12.1 Å². The van der Waals surface area contributed by atoms with Crippen molar-refractivity contribution >= 4 is 89.0 Å². The number of imide groups is 1. The van der Waals surface area contributed by atoms with Crippen LogP contribution in [-0.4, -0.2) is 138 Å². The highest BCUT2D eigenvalue weighted by molar-refractivity contribution is 7.86. The summed E-state index contributed by atoms with van der Waals surface area (Å²) < 4.78 is 102. The maximum Gasteiger partial charge on any atom is 0.333 e. The number of unbranched alkanes of at least 4 members (excludes halogenated alkanes) is 6. The Morgan fingerprint density at radius 1 is 0.688 bits per heavy atom. The number of carbonyl (C=O) groups excluding carboxylic acids is 4. The summed E-state index contributed by atoms with van der Waals surface area (Å²) in [6.45, 7) is 12.8. The minimum atomic E-state index is -4.47. The maximum atomic E-state index is 12.8. The number of hydroxylamine groups is 2. The quantitative estimate of drug-likeness (QED) is 0.0149. The van der Waals surface area contributed by atoms with E-state index in [2.05, 4.69) is 52.6 Å². The smallest absolute Gasteiger partial charge is 0.333 e. The molecular weight excluding hydrogens is 1100 g/mol. The predicted molar refractivity (Wildman–Crippen MR) is 301 cm³/mol. The Balaban J connectivity index is 0.957. The summed E-state index contributed by atoms with van der Waals surface area (Å²) in [6.07, 6.45) is 13.6. The third-order valence-corrected chi connectivity index (χ3v) is 16.6. The SMILES string of the molecule is CCC[N+]1=C(/C=C/C=C2/N(CCCCCCCC(=O)NCCCNc3nc(NCCCCCC(=O)ON4C(=O)CCC4=O)nc(NCCCS(=O)(=O)O)n3)c3ccc(S(=O)(=O)O)cc3C2(C)C)C(C)(C)c2cc(S(=O)(=O)O)ccc21. The summed E-state index contributed by atoms with van der Waals surface area (Å²) in [5.74, 6) is -1.66. The molecule has 3 aliphatic heterocycles. The molecule has 0 atom stereocenters. The van der Waals surface area contributed by atoms with Gasteiger partial charge in [-0.1, -0.05) is 52.5 Å². The highest BCUT2D eigenvalue weighted by atomic mass is 32.2. The van der Waals surface area contributed by atoms with Crippen molar-refractivity contribution in [2.45, 2.75) is 152 Å². The van der Waals surface area contributed by atoms with Crippen molar-refractivity contribution in [2.24, 2.45) is 0 Å². The number of allylic oxidation sites excluding steroid dienone is 4. The fourth-order valence-corrected chi connectivity index (χ4v) is 11.4. The van der Waals surface area contributed by atoms with Crippen LogP contribution in [-0.2, 0) is 65.2 Å². The summed E-state index contributed by atoms with van der Waals surface area (Å²) in [6, 6.07) is 9.33. The number of amides is 3. The molecule has 4 heterocycles. The van der Waals surface area contributed by atoms with Crippen LogP contribution in [0.25, 0.3) is 0 Å². The van der Waals surface area contributed by atoms with Gasteiger partial charge in [-0.3, -0.25) is 28.0 Å². The highest BCUT2D eigenvalue weighted by Gasteiger charge is 2.45. The van der Waals surface area contributed by atoms with Crippen LogP contribution in [0.5, 0.6) is 0 Å². The molecular formula is C53H75N10O14S3+. The van der Waals surface area contributed by atoms with E-state index in [-0.39, 0.29) is 65.8 Å². The van der Waals surface area contributed by atoms with E-state index in [4.69, 9.17) is 9.39 Å². The van der Waals surface area contributed by atoms with Crippen LogP contribution in [0.4, 0.5) is 29.2 Å². The average Bonchev–Trinajstić information content (AvgIpc) is 3.89. The standard InChI is InChI=1S/C53H74N10O14S3/c1-6-32-61-41-24-22-37(79(71,72)73)35-39(41)52(2,3)43(61)18-15-19-44-53(4,5)40-36-38(80(74,75)76)23-25-42(40)62(44)33-14-9-7-8-11-20-45(64)54-29-16-30-56-50-58-49(59-51(60-50)57-31-17-34-78(68,69)70)55-28-13-10-12-21-48(67)77-63-46(65)26-27-47(63)66/h15,18-19,22-25,35-36H,6-14,16-17,20-21,26-34H2,1-5H3,(H6-,54,55,56,57,58,59,60,64,68,69,70,71,72,73,74,75,76)/p+1. The van der Waals surface area contributed by atoms with Crippen molar-refractivity contribution in [3.05, 3.63) is 71.5 Å². The lowest BCUT2D eigenvalue weighted by Crippen LogP contribution is -2.31. The first-order chi connectivity index (χ1) is 37.7. The Morgan fingerprint density at radius 2 is 1.24 bits per heavy atom. The molecule has 3 amide bonds. The fraction of sp³-hybridized carbons (Fsp3) is 0.547. The van der Waals surface area contributed by atoms with Crippen molar-refractivity contribution in [3.63, 3.8) is 0 Å². The minimum Gasteiger partial charge on any atom is -0.356 e. The number of nitrogens with one attached hydrogen (secondary N) is 4. The number of anilines is 4. The summed E-state index contributed by atoms with van der Waals surface area (Å²) in [4.78, 5) is 68.1.